The molecular formula is C20H11I3N4. The van der Waals surface area contributed by atoms with Crippen molar-refractivity contribution >= 4 is 114 Å². The molecule has 5 rings (SSSR count). The molecule has 0 spiro atoms. The van der Waals surface area contributed by atoms with Gasteiger partial charge in [-0.15, -0.1) is 0 Å². The van der Waals surface area contributed by atoms with Crippen LogP contribution in [-0.4, -0.2) is 19.9 Å². The number of aromatic nitrogens is 4. The molecule has 0 amide bonds. The van der Waals surface area contributed by atoms with E-state index in [9.17, 15) is 0 Å². The van der Waals surface area contributed by atoms with Crippen molar-refractivity contribution in [1.29, 1.82) is 0 Å². The first-order valence-corrected chi connectivity index (χ1v) is 11.4. The average Bonchev–Trinajstić information content (AvgIpc) is 3.46. The molecule has 3 aromatic heterocycles. The maximum atomic E-state index is 4.83. The summed E-state index contributed by atoms with van der Waals surface area (Å²) in [5.74, 6) is 0. The van der Waals surface area contributed by atoms with Crippen LogP contribution < -0.4 is 0 Å². The Hall–Kier alpha value is -1.21. The van der Waals surface area contributed by atoms with Crippen LogP contribution in [0.3, 0.4) is 0 Å². The predicted octanol–water partition coefficient (Wildman–Crippen LogP) is 6.47. The molecule has 0 aromatic carbocycles. The van der Waals surface area contributed by atoms with Gasteiger partial charge in [0.25, 0.3) is 0 Å². The molecule has 27 heavy (non-hydrogen) atoms. The smallest absolute Gasteiger partial charge is 0.0793 e. The van der Waals surface area contributed by atoms with Gasteiger partial charge in [-0.05, 0) is 122 Å². The van der Waals surface area contributed by atoms with Gasteiger partial charge in [0.1, 0.15) is 0 Å². The van der Waals surface area contributed by atoms with Crippen LogP contribution in [0.4, 0.5) is 0 Å². The summed E-state index contributed by atoms with van der Waals surface area (Å²) in [6.45, 7) is 0. The zero-order chi connectivity index (χ0) is 18.5. The van der Waals surface area contributed by atoms with E-state index in [1.165, 1.54) is 0 Å². The Kier molecular flexibility index (Phi) is 4.63. The summed E-state index contributed by atoms with van der Waals surface area (Å²) < 4.78 is 3.25. The first-order chi connectivity index (χ1) is 13.1. The molecule has 2 N–H and O–H groups in total. The van der Waals surface area contributed by atoms with Crippen molar-refractivity contribution < 1.29 is 0 Å². The van der Waals surface area contributed by atoms with E-state index in [0.29, 0.717) is 0 Å². The van der Waals surface area contributed by atoms with Crippen LogP contribution in [0.25, 0.3) is 46.4 Å². The fourth-order valence-corrected chi connectivity index (χ4v) is 4.87. The lowest BCUT2D eigenvalue weighted by molar-refractivity contribution is 1.24. The fraction of sp³-hybridized carbons (Fsp3) is 0. The highest BCUT2D eigenvalue weighted by Crippen LogP contribution is 2.27. The Labute approximate surface area is 196 Å². The number of hydrogen-bond donors (Lipinski definition) is 2. The van der Waals surface area contributed by atoms with Crippen LogP contribution in [0.15, 0.2) is 30.3 Å². The van der Waals surface area contributed by atoms with Gasteiger partial charge in [0.05, 0.1) is 44.5 Å². The van der Waals surface area contributed by atoms with Crippen LogP contribution in [0.2, 0.25) is 0 Å². The second kappa shape index (κ2) is 6.99. The molecule has 0 saturated carbocycles. The van der Waals surface area contributed by atoms with E-state index < -0.39 is 0 Å². The second-order valence-electron chi connectivity index (χ2n) is 6.17. The predicted molar refractivity (Wildman–Crippen MR) is 137 cm³/mol. The molecule has 4 nitrogen and oxygen atoms in total. The Morgan fingerprint density at radius 3 is 1.41 bits per heavy atom. The van der Waals surface area contributed by atoms with E-state index in [1.807, 2.05) is 0 Å². The van der Waals surface area contributed by atoms with Gasteiger partial charge < -0.3 is 9.97 Å². The third kappa shape index (κ3) is 3.27. The van der Waals surface area contributed by atoms with Crippen molar-refractivity contribution in [3.05, 3.63) is 63.8 Å². The van der Waals surface area contributed by atoms with E-state index >= 15 is 0 Å². The monoisotopic (exact) mass is 688 g/mol. The molecule has 8 bridgehead atoms. The third-order valence-corrected chi connectivity index (χ3v) is 7.75. The minimum atomic E-state index is 0.951. The fourth-order valence-electron chi connectivity index (χ4n) is 3.04. The van der Waals surface area contributed by atoms with Gasteiger partial charge in [-0.3, -0.25) is 0 Å². The van der Waals surface area contributed by atoms with Crippen molar-refractivity contribution in [3.63, 3.8) is 0 Å². The number of nitrogens with one attached hydrogen (secondary N) is 2. The number of rotatable bonds is 0. The van der Waals surface area contributed by atoms with Crippen LogP contribution in [-0.2, 0) is 0 Å². The lowest BCUT2D eigenvalue weighted by Crippen LogP contribution is -1.87. The quantitative estimate of drug-likeness (QED) is 0.184. The minimum Gasteiger partial charge on any atom is -0.355 e. The molecule has 0 fully saturated rings. The highest BCUT2D eigenvalue weighted by Gasteiger charge is 2.12. The van der Waals surface area contributed by atoms with Gasteiger partial charge in [-0.2, -0.15) is 0 Å². The summed E-state index contributed by atoms with van der Waals surface area (Å²) in [4.78, 5) is 16.6. The summed E-state index contributed by atoms with van der Waals surface area (Å²) in [7, 11) is 0. The Balaban J connectivity index is 1.94. The van der Waals surface area contributed by atoms with Crippen molar-refractivity contribution in [3.8, 4) is 0 Å². The first-order valence-electron chi connectivity index (χ1n) is 8.18. The van der Waals surface area contributed by atoms with Crippen molar-refractivity contribution in [1.82, 2.24) is 19.9 Å². The lowest BCUT2D eigenvalue weighted by atomic mass is 10.3. The first kappa shape index (κ1) is 17.9. The van der Waals surface area contributed by atoms with E-state index in [4.69, 9.17) is 9.97 Å². The molecule has 2 aliphatic heterocycles. The van der Waals surface area contributed by atoms with Gasteiger partial charge in [0.15, 0.2) is 0 Å². The van der Waals surface area contributed by atoms with Gasteiger partial charge in [0.2, 0.25) is 0 Å². The summed E-state index contributed by atoms with van der Waals surface area (Å²) in [6, 6.07) is 10.5. The van der Waals surface area contributed by atoms with Gasteiger partial charge in [0, 0.05) is 11.0 Å². The Morgan fingerprint density at radius 2 is 0.963 bits per heavy atom. The largest absolute Gasteiger partial charge is 0.355 e. The molecule has 2 aliphatic rings. The summed E-state index contributed by atoms with van der Waals surface area (Å²) >= 11 is 7.04. The van der Waals surface area contributed by atoms with Crippen LogP contribution >= 0.6 is 67.8 Å². The molecule has 0 radical (unpaired) electrons. The number of aromatic amines is 2. The van der Waals surface area contributed by atoms with Crippen molar-refractivity contribution in [2.75, 3.05) is 0 Å². The minimum absolute atomic E-state index is 0.951. The zero-order valence-electron chi connectivity index (χ0n) is 13.7. The lowest BCUT2D eigenvalue weighted by Gasteiger charge is -1.94. The maximum Gasteiger partial charge on any atom is 0.0793 e. The number of hydrogen-bond acceptors (Lipinski definition) is 2. The van der Waals surface area contributed by atoms with E-state index in [2.05, 4.69) is 132 Å². The highest BCUT2D eigenvalue weighted by atomic mass is 127. The molecule has 5 heterocycles. The Morgan fingerprint density at radius 1 is 0.556 bits per heavy atom. The third-order valence-electron chi connectivity index (χ3n) is 4.38. The Bertz CT molecular complexity index is 1210. The molecule has 0 atom stereocenters. The van der Waals surface area contributed by atoms with Crippen molar-refractivity contribution in [2.45, 2.75) is 0 Å². The maximum absolute atomic E-state index is 4.83. The van der Waals surface area contributed by atoms with Gasteiger partial charge >= 0.3 is 0 Å². The van der Waals surface area contributed by atoms with E-state index in [1.54, 1.807) is 0 Å². The van der Waals surface area contributed by atoms with Gasteiger partial charge in [-0.1, -0.05) is 0 Å². The number of nitrogens with zero attached hydrogens (tertiary/aromatic N) is 2. The van der Waals surface area contributed by atoms with Crippen LogP contribution in [0.1, 0.15) is 22.8 Å². The van der Waals surface area contributed by atoms with Crippen molar-refractivity contribution in [2.24, 2.45) is 0 Å². The standard InChI is InChI=1S/C20H11I3N4/c21-18-12-3-1-10(24-12)9-11-2-4-13(25-11)19(22)15-6-8-17(27-15)20(23)16-7-5-14(18)26-16/h1-9,24-25H. The molecule has 0 unspecified atom stereocenters. The number of fused-ring (bicyclic) bond motifs is 8. The van der Waals surface area contributed by atoms with Gasteiger partial charge in [-0.25, -0.2) is 9.97 Å². The SMILES string of the molecule is Ic1c2nc(c(I)c3ccc(cc4ccc([nH]4)c(I)c4nc1C=C4)[nH]3)C=C2. The van der Waals surface area contributed by atoms with E-state index in [0.717, 1.165) is 55.6 Å². The highest BCUT2D eigenvalue weighted by molar-refractivity contribution is 14.1. The summed E-state index contributed by atoms with van der Waals surface area (Å²) in [5.41, 5.74) is 8.07. The molecular weight excluding hydrogens is 677 g/mol. The molecule has 3 aromatic rings. The normalized spacial score (nSPS) is 12.7. The number of halogens is 3. The average molecular weight is 688 g/mol. The molecule has 7 heteroatoms. The molecule has 0 aliphatic carbocycles. The molecule has 0 saturated heterocycles. The number of H-pyrrole nitrogens is 2. The zero-order valence-corrected chi connectivity index (χ0v) is 20.2. The van der Waals surface area contributed by atoms with Crippen LogP contribution in [0, 0.1) is 10.7 Å². The van der Waals surface area contributed by atoms with Crippen LogP contribution in [0.5, 0.6) is 0 Å². The summed E-state index contributed by atoms with van der Waals surface area (Å²) in [6.07, 6.45) is 8.25. The second-order valence-corrected chi connectivity index (χ2v) is 9.41. The molecule has 132 valence electrons. The summed E-state index contributed by atoms with van der Waals surface area (Å²) in [5, 5.41) is 0. The topological polar surface area (TPSA) is 57.4 Å². The van der Waals surface area contributed by atoms with E-state index in [-0.39, 0.29) is 0 Å².